The molecule has 0 aromatic heterocycles. The van der Waals surface area contributed by atoms with Crippen molar-refractivity contribution in [1.29, 1.82) is 0 Å². The summed E-state index contributed by atoms with van der Waals surface area (Å²) in [6, 6.07) is 0. The van der Waals surface area contributed by atoms with Gasteiger partial charge in [-0.05, 0) is 12.3 Å². The zero-order valence-electron chi connectivity index (χ0n) is 32.2. The highest BCUT2D eigenvalue weighted by Gasteiger charge is 2.33. The van der Waals surface area contributed by atoms with E-state index in [1.807, 2.05) is 0 Å². The van der Waals surface area contributed by atoms with Crippen molar-refractivity contribution in [2.75, 3.05) is 145 Å². The van der Waals surface area contributed by atoms with Crippen LogP contribution in [0.4, 0.5) is 0 Å². The molecule has 4 saturated heterocycles. The molecule has 4 bridgehead atoms. The lowest BCUT2D eigenvalue weighted by Gasteiger charge is -2.42. The van der Waals surface area contributed by atoms with Crippen molar-refractivity contribution in [3.05, 3.63) is 0 Å². The molecule has 4 unspecified atom stereocenters. The Kier molecular flexibility index (Phi) is 24.5. The normalized spacial score (nSPS) is 28.9. The first-order valence-corrected chi connectivity index (χ1v) is 20.7. The minimum Gasteiger partial charge on any atom is -0.377 e. The smallest absolute Gasteiger partial charge is 0.0940 e. The Bertz CT molecular complexity index is 720. The Balaban J connectivity index is 1.33. The van der Waals surface area contributed by atoms with Crippen LogP contribution in [0.5, 0.6) is 0 Å². The fourth-order valence-electron chi connectivity index (χ4n) is 7.55. The van der Waals surface area contributed by atoms with Gasteiger partial charge in [0.05, 0.1) is 130 Å². The van der Waals surface area contributed by atoms with Crippen LogP contribution in [0.1, 0.15) is 77.6 Å². The Hall–Kier alpha value is -0.480. The van der Waals surface area contributed by atoms with Crippen LogP contribution in [0, 0.1) is 5.92 Å². The highest BCUT2D eigenvalue weighted by Crippen LogP contribution is 2.22. The van der Waals surface area contributed by atoms with Gasteiger partial charge in [-0.3, -0.25) is 9.80 Å². The van der Waals surface area contributed by atoms with Crippen molar-refractivity contribution in [1.82, 2.24) is 9.80 Å². The van der Waals surface area contributed by atoms with Gasteiger partial charge in [-0.1, -0.05) is 71.1 Å². The van der Waals surface area contributed by atoms with Crippen LogP contribution in [0.3, 0.4) is 0 Å². The predicted molar refractivity (Wildman–Crippen MR) is 197 cm³/mol. The topological polar surface area (TPSA) is 98.8 Å². The molecule has 4 atom stereocenters. The monoisotopic (exact) mass is 731 g/mol. The van der Waals surface area contributed by atoms with Crippen LogP contribution < -0.4 is 0 Å². The van der Waals surface area contributed by atoms with Gasteiger partial charge < -0.3 is 47.4 Å². The molecule has 51 heavy (non-hydrogen) atoms. The van der Waals surface area contributed by atoms with Crippen LogP contribution in [0.15, 0.2) is 0 Å². The number of hydrogen-bond donors (Lipinski definition) is 0. The Morgan fingerprint density at radius 2 is 0.686 bits per heavy atom. The fraction of sp³-hybridized carbons (Fsp3) is 1.00. The quantitative estimate of drug-likeness (QED) is 0.226. The number of hydrogen-bond acceptors (Lipinski definition) is 12. The maximum atomic E-state index is 6.49. The average molecular weight is 731 g/mol. The highest BCUT2D eigenvalue weighted by molar-refractivity contribution is 4.84. The van der Waals surface area contributed by atoms with Crippen molar-refractivity contribution in [3.63, 3.8) is 0 Å². The molecular weight excluding hydrogens is 656 g/mol. The summed E-state index contributed by atoms with van der Waals surface area (Å²) in [5.74, 6) is 0.535. The molecule has 12 nitrogen and oxygen atoms in total. The van der Waals surface area contributed by atoms with Gasteiger partial charge in [0.2, 0.25) is 0 Å². The number of rotatable bonds is 15. The van der Waals surface area contributed by atoms with Crippen LogP contribution in [0.25, 0.3) is 0 Å². The van der Waals surface area contributed by atoms with Gasteiger partial charge in [0, 0.05) is 39.3 Å². The second-order valence-electron chi connectivity index (χ2n) is 14.8. The number of nitrogens with zero attached hydrogens (tertiary/aromatic N) is 2. The molecule has 0 aliphatic carbocycles. The predicted octanol–water partition coefficient (Wildman–Crippen LogP) is 4.21. The third-order valence-corrected chi connectivity index (χ3v) is 10.1. The lowest BCUT2D eigenvalue weighted by molar-refractivity contribution is -0.144. The lowest BCUT2D eigenvalue weighted by atomic mass is 9.97. The third kappa shape index (κ3) is 20.7. The highest BCUT2D eigenvalue weighted by atomic mass is 16.6. The molecule has 4 aliphatic rings. The second kappa shape index (κ2) is 28.9. The van der Waals surface area contributed by atoms with Gasteiger partial charge in [0.25, 0.3) is 0 Å². The summed E-state index contributed by atoms with van der Waals surface area (Å²) < 4.78 is 59.6. The maximum absolute atomic E-state index is 6.49. The van der Waals surface area contributed by atoms with Crippen molar-refractivity contribution in [2.45, 2.75) is 102 Å². The molecule has 4 fully saturated rings. The Labute approximate surface area is 309 Å². The van der Waals surface area contributed by atoms with Gasteiger partial charge in [0.1, 0.15) is 0 Å². The van der Waals surface area contributed by atoms with E-state index in [9.17, 15) is 0 Å². The molecule has 4 rings (SSSR count). The summed E-state index contributed by atoms with van der Waals surface area (Å²) >= 11 is 0. The van der Waals surface area contributed by atoms with Crippen molar-refractivity contribution in [3.8, 4) is 0 Å². The van der Waals surface area contributed by atoms with Crippen molar-refractivity contribution < 1.29 is 47.4 Å². The van der Waals surface area contributed by atoms with Gasteiger partial charge in [-0.15, -0.1) is 0 Å². The zero-order valence-corrected chi connectivity index (χ0v) is 32.2. The van der Waals surface area contributed by atoms with E-state index in [1.165, 1.54) is 70.6 Å². The van der Waals surface area contributed by atoms with Gasteiger partial charge >= 0.3 is 0 Å². The molecule has 0 aromatic rings. The molecule has 4 heterocycles. The maximum Gasteiger partial charge on any atom is 0.0940 e. The van der Waals surface area contributed by atoms with E-state index >= 15 is 0 Å². The minimum absolute atomic E-state index is 0.0159. The number of unbranched alkanes of at least 4 members (excludes halogenated alkanes) is 9. The second-order valence-corrected chi connectivity index (χ2v) is 14.8. The van der Waals surface area contributed by atoms with Crippen LogP contribution in [-0.4, -0.2) is 179 Å². The number of morpholine rings is 2. The molecule has 0 aromatic carbocycles. The number of ether oxygens (including phenoxy) is 10. The van der Waals surface area contributed by atoms with E-state index in [4.69, 9.17) is 47.4 Å². The van der Waals surface area contributed by atoms with Gasteiger partial charge in [-0.2, -0.15) is 0 Å². The molecule has 4 aliphatic heterocycles. The van der Waals surface area contributed by atoms with E-state index in [2.05, 4.69) is 16.7 Å². The van der Waals surface area contributed by atoms with Crippen molar-refractivity contribution in [2.24, 2.45) is 5.92 Å². The third-order valence-electron chi connectivity index (χ3n) is 10.1. The summed E-state index contributed by atoms with van der Waals surface area (Å²) in [6.45, 7) is 17.0. The summed E-state index contributed by atoms with van der Waals surface area (Å²) in [6.07, 6.45) is 14.8. The Morgan fingerprint density at radius 3 is 1.02 bits per heavy atom. The van der Waals surface area contributed by atoms with Crippen molar-refractivity contribution >= 4 is 0 Å². The molecule has 0 radical (unpaired) electrons. The summed E-state index contributed by atoms with van der Waals surface area (Å²) in [5.41, 5.74) is 0. The summed E-state index contributed by atoms with van der Waals surface area (Å²) in [4.78, 5) is 5.22. The van der Waals surface area contributed by atoms with Crippen LogP contribution in [-0.2, 0) is 47.4 Å². The first kappa shape index (κ1) is 43.3. The molecule has 0 N–H and O–H groups in total. The van der Waals surface area contributed by atoms with E-state index in [-0.39, 0.29) is 24.4 Å². The number of fused-ring (bicyclic) bond motifs is 4. The molecule has 0 amide bonds. The van der Waals surface area contributed by atoms with E-state index in [0.717, 1.165) is 39.3 Å². The summed E-state index contributed by atoms with van der Waals surface area (Å²) in [5, 5.41) is 0. The van der Waals surface area contributed by atoms with E-state index in [1.54, 1.807) is 0 Å². The largest absolute Gasteiger partial charge is 0.377 e. The molecule has 0 saturated carbocycles. The molecule has 300 valence electrons. The van der Waals surface area contributed by atoms with Crippen LogP contribution in [0.2, 0.25) is 0 Å². The summed E-state index contributed by atoms with van der Waals surface area (Å²) in [7, 11) is 0. The lowest BCUT2D eigenvalue weighted by Crippen LogP contribution is -2.54. The van der Waals surface area contributed by atoms with Gasteiger partial charge in [-0.25, -0.2) is 0 Å². The van der Waals surface area contributed by atoms with Crippen LogP contribution >= 0.6 is 0 Å². The molecule has 0 spiro atoms. The SMILES string of the molecule is CCCCCCCCCCCCC(CN1CC2COCCOCCOCCOCC(C1)O2)CN1CC2COCCOCCOCCOCC(C1)O2. The standard InChI is InChI=1S/C39H74N2O10/c1-2-3-4-5-6-7-8-9-10-11-12-35(25-40-27-36-31-46-21-17-42-13-14-43-18-22-47-32-37(28-40)50-36)26-41-29-38-33-48-23-19-44-15-16-45-20-24-49-34-39(30-41)51-38/h35-39H,2-34H2,1H3. The first-order valence-electron chi connectivity index (χ1n) is 20.7. The average Bonchev–Trinajstić information content (AvgIpc) is 3.13. The fourth-order valence-corrected chi connectivity index (χ4v) is 7.55. The first-order chi connectivity index (χ1) is 25.3. The molecule has 12 heteroatoms. The van der Waals surface area contributed by atoms with Gasteiger partial charge in [0.15, 0.2) is 0 Å². The molecular formula is C39H74N2O10. The Morgan fingerprint density at radius 1 is 0.392 bits per heavy atom. The zero-order chi connectivity index (χ0) is 35.4. The van der Waals surface area contributed by atoms with E-state index < -0.39 is 0 Å². The van der Waals surface area contributed by atoms with E-state index in [0.29, 0.717) is 112 Å². The minimum atomic E-state index is 0.0159.